The maximum Gasteiger partial charge on any atom is 0.417 e. The highest BCUT2D eigenvalue weighted by Crippen LogP contribution is 2.52. The van der Waals surface area contributed by atoms with Crippen molar-refractivity contribution in [3.8, 4) is 5.75 Å². The number of fused-ring (bicyclic) bond motifs is 1. The fourth-order valence-corrected chi connectivity index (χ4v) is 8.63. The van der Waals surface area contributed by atoms with E-state index in [0.29, 0.717) is 16.0 Å². The van der Waals surface area contributed by atoms with Crippen LogP contribution in [0.15, 0.2) is 59.1 Å². The number of hydrogen-bond acceptors (Lipinski definition) is 13. The number of thioether (sulfide) groups is 1. The quantitative estimate of drug-likeness (QED) is 0.0813. The predicted octanol–water partition coefficient (Wildman–Crippen LogP) is 6.38. The summed E-state index contributed by atoms with van der Waals surface area (Å²) in [4.78, 5) is 83.6. The first kappa shape index (κ1) is 44.8. The van der Waals surface area contributed by atoms with Crippen LogP contribution in [0.2, 0.25) is 0 Å². The Hall–Kier alpha value is -5.30. The van der Waals surface area contributed by atoms with E-state index in [2.05, 4.69) is 4.74 Å². The van der Waals surface area contributed by atoms with Crippen molar-refractivity contribution in [1.29, 1.82) is 0 Å². The van der Waals surface area contributed by atoms with Gasteiger partial charge in [-0.3, -0.25) is 24.6 Å². The highest BCUT2D eigenvalue weighted by molar-refractivity contribution is 8.03. The van der Waals surface area contributed by atoms with Crippen molar-refractivity contribution < 1.29 is 61.7 Å². The molecule has 0 bridgehead atoms. The van der Waals surface area contributed by atoms with Crippen LogP contribution >= 0.6 is 11.8 Å². The molecule has 3 aliphatic heterocycles. The Morgan fingerprint density at radius 3 is 2.12 bits per heavy atom. The molecule has 19 heteroatoms. The average Bonchev–Trinajstić information content (AvgIpc) is 3.65. The molecule has 0 radical (unpaired) electrons. The molecule has 3 aliphatic rings. The standard InChI is InChI=1S/C40H48F2N4O12S/c1-21-30-29(22(2)47)34(49)45(30)31(35(50)55-20-24-9-13-25(14-10-24)46(53)54)32(21)59-27-17-28(43(19-27)37(51)57-39(3,4)5)33(48)44(38(52)58-40(6,7)8)18-23-11-15-26(16-12-23)56-36(41)42/h9-16,21-22,27-30,36,47H,17-20H2,1-8H3/t21?,22-,27+,28+,29?,30?/m1/s1. The molecule has 2 saturated heterocycles. The van der Waals surface area contributed by atoms with Gasteiger partial charge >= 0.3 is 24.8 Å². The van der Waals surface area contributed by atoms with Crippen molar-refractivity contribution in [1.82, 2.24) is 14.7 Å². The number of nitrogens with zero attached hydrogens (tertiary/aromatic N) is 4. The monoisotopic (exact) mass is 846 g/mol. The molecule has 0 saturated carbocycles. The lowest BCUT2D eigenvalue weighted by atomic mass is 9.79. The number of non-ortho nitro benzene ring substituents is 1. The lowest BCUT2D eigenvalue weighted by molar-refractivity contribution is -0.384. The Morgan fingerprint density at radius 1 is 0.983 bits per heavy atom. The SMILES string of the molecule is CC1C(S[C@H]2C[C@@H](C(=O)N(Cc3ccc(OC(F)F)cc3)C(=O)OC(C)(C)C)N(C(=O)OC(C)(C)C)C2)=C(C(=O)OCc2ccc([N+](=O)[O-])cc2)N2C(=O)C([C@@H](C)O)C12. The van der Waals surface area contributed by atoms with Gasteiger partial charge in [-0.2, -0.15) is 8.78 Å². The van der Waals surface area contributed by atoms with Gasteiger partial charge in [-0.25, -0.2) is 19.3 Å². The van der Waals surface area contributed by atoms with E-state index in [1.807, 2.05) is 0 Å². The summed E-state index contributed by atoms with van der Waals surface area (Å²) < 4.78 is 46.9. The van der Waals surface area contributed by atoms with Gasteiger partial charge in [0.05, 0.1) is 29.5 Å². The van der Waals surface area contributed by atoms with Crippen molar-refractivity contribution in [2.45, 2.75) is 116 Å². The molecule has 2 fully saturated rings. The Kier molecular flexibility index (Phi) is 13.3. The molecule has 2 aromatic rings. The van der Waals surface area contributed by atoms with Gasteiger partial charge in [0.2, 0.25) is 5.91 Å². The van der Waals surface area contributed by atoms with Crippen LogP contribution in [0.4, 0.5) is 24.1 Å². The second kappa shape index (κ2) is 17.5. The molecule has 6 atom stereocenters. The molecule has 3 unspecified atom stereocenters. The van der Waals surface area contributed by atoms with Crippen LogP contribution in [0.1, 0.15) is 72.9 Å². The molecule has 5 rings (SSSR count). The summed E-state index contributed by atoms with van der Waals surface area (Å²) in [7, 11) is 0. The molecule has 59 heavy (non-hydrogen) atoms. The van der Waals surface area contributed by atoms with Gasteiger partial charge in [-0.1, -0.05) is 19.1 Å². The minimum absolute atomic E-state index is 0.0387. The maximum absolute atomic E-state index is 14.6. The van der Waals surface area contributed by atoms with E-state index < -0.39 is 88.0 Å². The number of amides is 4. The zero-order valence-corrected chi connectivity index (χ0v) is 34.7. The lowest BCUT2D eigenvalue weighted by Gasteiger charge is -2.46. The second-order valence-corrected chi connectivity index (χ2v) is 17.9. The first-order valence-corrected chi connectivity index (χ1v) is 19.7. The molecule has 0 spiro atoms. The van der Waals surface area contributed by atoms with Crippen LogP contribution in [0.25, 0.3) is 0 Å². The number of alkyl halides is 2. The molecular weight excluding hydrogens is 799 g/mol. The number of likely N-dealkylation sites (tertiary alicyclic amines) is 1. The molecule has 0 aliphatic carbocycles. The molecule has 0 aromatic heterocycles. The number of ether oxygens (including phenoxy) is 4. The van der Waals surface area contributed by atoms with Crippen molar-refractivity contribution in [3.63, 3.8) is 0 Å². The summed E-state index contributed by atoms with van der Waals surface area (Å²) in [6.07, 6.45) is -2.94. The summed E-state index contributed by atoms with van der Waals surface area (Å²) in [6.45, 7) is 9.29. The minimum Gasteiger partial charge on any atom is -0.456 e. The summed E-state index contributed by atoms with van der Waals surface area (Å²) >= 11 is 1.17. The maximum atomic E-state index is 14.6. The molecule has 320 valence electrons. The van der Waals surface area contributed by atoms with Crippen LogP contribution in [0.5, 0.6) is 5.75 Å². The number of nitro benzene ring substituents is 1. The second-order valence-electron chi connectivity index (χ2n) is 16.5. The molecule has 4 amide bonds. The summed E-state index contributed by atoms with van der Waals surface area (Å²) in [5.41, 5.74) is -1.39. The normalized spacial score (nSPS) is 22.1. The van der Waals surface area contributed by atoms with E-state index >= 15 is 0 Å². The summed E-state index contributed by atoms with van der Waals surface area (Å²) in [6, 6.07) is 8.87. The van der Waals surface area contributed by atoms with Gasteiger partial charge in [0.25, 0.3) is 11.6 Å². The Morgan fingerprint density at radius 2 is 1.58 bits per heavy atom. The van der Waals surface area contributed by atoms with Gasteiger partial charge in [-0.15, -0.1) is 11.8 Å². The van der Waals surface area contributed by atoms with Gasteiger partial charge in [0.1, 0.15) is 35.3 Å². The number of carbonyl (C=O) groups excluding carboxylic acids is 5. The zero-order chi connectivity index (χ0) is 43.7. The van der Waals surface area contributed by atoms with Crippen LogP contribution in [0.3, 0.4) is 0 Å². The van der Waals surface area contributed by atoms with Gasteiger partial charge < -0.3 is 29.0 Å². The number of rotatable bonds is 12. The molecule has 16 nitrogen and oxygen atoms in total. The largest absolute Gasteiger partial charge is 0.456 e. The number of aliphatic hydroxyl groups is 1. The van der Waals surface area contributed by atoms with Crippen LogP contribution in [0, 0.1) is 22.0 Å². The number of imide groups is 1. The number of carbonyl (C=O) groups is 5. The summed E-state index contributed by atoms with van der Waals surface area (Å²) in [5.74, 6) is -3.58. The zero-order valence-electron chi connectivity index (χ0n) is 33.9. The fraction of sp³-hybridized carbons (Fsp3) is 0.525. The molecular formula is C40H48F2N4O12S. The lowest BCUT2D eigenvalue weighted by Crippen LogP contribution is -2.63. The average molecular weight is 847 g/mol. The van der Waals surface area contributed by atoms with Crippen molar-refractivity contribution in [2.24, 2.45) is 11.8 Å². The fourth-order valence-electron chi connectivity index (χ4n) is 7.11. The van der Waals surface area contributed by atoms with E-state index in [1.54, 1.807) is 48.5 Å². The highest BCUT2D eigenvalue weighted by Gasteiger charge is 2.61. The van der Waals surface area contributed by atoms with E-state index in [9.17, 15) is 48.0 Å². The molecule has 3 heterocycles. The van der Waals surface area contributed by atoms with E-state index in [1.165, 1.54) is 77.0 Å². The van der Waals surface area contributed by atoms with Crippen LogP contribution in [-0.2, 0) is 41.7 Å². The van der Waals surface area contributed by atoms with Gasteiger partial charge in [0, 0.05) is 34.8 Å². The third-order valence-corrected chi connectivity index (χ3v) is 11.2. The Bertz CT molecular complexity index is 1980. The predicted molar refractivity (Wildman–Crippen MR) is 207 cm³/mol. The minimum atomic E-state index is -3.06. The topological polar surface area (TPSA) is 195 Å². The van der Waals surface area contributed by atoms with Crippen LogP contribution < -0.4 is 4.74 Å². The highest BCUT2D eigenvalue weighted by atomic mass is 32.2. The van der Waals surface area contributed by atoms with Crippen LogP contribution in [-0.4, -0.2) is 102 Å². The van der Waals surface area contributed by atoms with Gasteiger partial charge in [-0.05, 0) is 90.3 Å². The Labute approximate surface area is 343 Å². The third-order valence-electron chi connectivity index (χ3n) is 9.66. The van der Waals surface area contributed by atoms with E-state index in [-0.39, 0.29) is 43.3 Å². The number of aliphatic hydroxyl groups excluding tert-OH is 1. The number of hydrogen-bond donors (Lipinski definition) is 1. The number of nitro groups is 1. The number of β-lactam (4-membered cyclic amide) rings is 1. The Balaban J connectivity index is 1.47. The number of halogens is 2. The van der Waals surface area contributed by atoms with Crippen molar-refractivity contribution in [2.75, 3.05) is 6.54 Å². The van der Waals surface area contributed by atoms with Crippen molar-refractivity contribution in [3.05, 3.63) is 80.4 Å². The van der Waals surface area contributed by atoms with Gasteiger partial charge in [0.15, 0.2) is 0 Å². The van der Waals surface area contributed by atoms with Crippen molar-refractivity contribution >= 4 is 47.4 Å². The number of benzene rings is 2. The smallest absolute Gasteiger partial charge is 0.417 e. The van der Waals surface area contributed by atoms with E-state index in [0.717, 1.165) is 4.90 Å². The van der Waals surface area contributed by atoms with E-state index in [4.69, 9.17) is 14.2 Å². The summed E-state index contributed by atoms with van der Waals surface area (Å²) in [5, 5.41) is 21.0. The third kappa shape index (κ3) is 10.5. The first-order valence-electron chi connectivity index (χ1n) is 18.9. The molecule has 1 N–H and O–H groups in total. The molecule has 2 aromatic carbocycles. The first-order chi connectivity index (χ1) is 27.5. The number of esters is 1.